The van der Waals surface area contributed by atoms with E-state index in [0.29, 0.717) is 6.61 Å². The number of hydrogen-bond acceptors (Lipinski definition) is 6. The molecule has 2 aliphatic rings. The first kappa shape index (κ1) is 19.1. The van der Waals surface area contributed by atoms with Crippen LogP contribution < -0.4 is 10.2 Å². The first-order valence-corrected chi connectivity index (χ1v) is 10.9. The van der Waals surface area contributed by atoms with Gasteiger partial charge in [-0.2, -0.15) is 0 Å². The summed E-state index contributed by atoms with van der Waals surface area (Å²) in [6, 6.07) is 7.85. The largest absolute Gasteiger partial charge is 0.494 e. The van der Waals surface area contributed by atoms with Crippen LogP contribution in [0.5, 0.6) is 5.75 Å². The minimum atomic E-state index is -0.271. The zero-order valence-electron chi connectivity index (χ0n) is 16.4. The molecule has 1 aromatic heterocycles. The molecule has 0 radical (unpaired) electrons. The Morgan fingerprint density at radius 3 is 2.57 bits per heavy atom. The van der Waals surface area contributed by atoms with Crippen LogP contribution >= 0.6 is 11.8 Å². The van der Waals surface area contributed by atoms with Crippen LogP contribution in [0.1, 0.15) is 50.0 Å². The van der Waals surface area contributed by atoms with Gasteiger partial charge in [0.2, 0.25) is 11.1 Å². The lowest BCUT2D eigenvalue weighted by Crippen LogP contribution is -2.46. The number of aromatic nitrogens is 3. The van der Waals surface area contributed by atoms with Crippen molar-refractivity contribution in [3.05, 3.63) is 35.7 Å². The first-order valence-electron chi connectivity index (χ1n) is 10.0. The van der Waals surface area contributed by atoms with Crippen molar-refractivity contribution in [2.45, 2.75) is 56.0 Å². The van der Waals surface area contributed by atoms with Crippen molar-refractivity contribution in [3.63, 3.8) is 0 Å². The summed E-state index contributed by atoms with van der Waals surface area (Å²) in [5, 5.41) is 8.88. The number of carbonyl (C=O) groups excluding carboxylic acids is 1. The standard InChI is InChI=1S/C20H27N5O2S/c1-3-27-16-10-8-15(9-11-16)17-18(19(26)24-12-6-4-5-7-13-24)28-20-22-21-14(2)25(20)23-17/h8-11,17-18,23H,3-7,12-13H2,1-2H3. The van der Waals surface area contributed by atoms with Crippen LogP contribution in [-0.4, -0.2) is 50.6 Å². The second-order valence-electron chi connectivity index (χ2n) is 7.25. The lowest BCUT2D eigenvalue weighted by molar-refractivity contribution is -0.131. The normalized spacial score (nSPS) is 22.1. The molecule has 3 heterocycles. The number of fused-ring (bicyclic) bond motifs is 1. The SMILES string of the molecule is CCOc1ccc(C2Nn3c(C)nnc3SC2C(=O)N2CCCCCC2)cc1. The fraction of sp³-hybridized carbons (Fsp3) is 0.550. The third-order valence-electron chi connectivity index (χ3n) is 5.31. The summed E-state index contributed by atoms with van der Waals surface area (Å²) in [6.45, 7) is 6.21. The van der Waals surface area contributed by atoms with E-state index >= 15 is 0 Å². The third-order valence-corrected chi connectivity index (χ3v) is 6.51. The fourth-order valence-corrected chi connectivity index (χ4v) is 5.02. The number of thioether (sulfide) groups is 1. The van der Waals surface area contributed by atoms with Crippen LogP contribution in [0.3, 0.4) is 0 Å². The predicted molar refractivity (Wildman–Crippen MR) is 109 cm³/mol. The van der Waals surface area contributed by atoms with Gasteiger partial charge < -0.3 is 15.1 Å². The Hall–Kier alpha value is -2.22. The molecule has 0 bridgehead atoms. The zero-order chi connectivity index (χ0) is 19.5. The van der Waals surface area contributed by atoms with Gasteiger partial charge in [0, 0.05) is 13.1 Å². The van der Waals surface area contributed by atoms with Crippen LogP contribution in [0.4, 0.5) is 0 Å². The van der Waals surface area contributed by atoms with Crippen LogP contribution in [0.15, 0.2) is 29.4 Å². The van der Waals surface area contributed by atoms with E-state index in [-0.39, 0.29) is 17.2 Å². The Morgan fingerprint density at radius 2 is 1.89 bits per heavy atom. The molecule has 7 nitrogen and oxygen atoms in total. The summed E-state index contributed by atoms with van der Waals surface area (Å²) >= 11 is 1.51. The summed E-state index contributed by atoms with van der Waals surface area (Å²) in [5.74, 6) is 1.82. The molecule has 8 heteroatoms. The van der Waals surface area contributed by atoms with Crippen molar-refractivity contribution in [1.82, 2.24) is 19.8 Å². The molecule has 2 unspecified atom stereocenters. The van der Waals surface area contributed by atoms with Gasteiger partial charge in [0.15, 0.2) is 0 Å². The number of amides is 1. The number of rotatable bonds is 4. The third kappa shape index (κ3) is 3.83. The van der Waals surface area contributed by atoms with E-state index in [1.54, 1.807) is 0 Å². The van der Waals surface area contributed by atoms with E-state index in [2.05, 4.69) is 15.6 Å². The number of likely N-dealkylation sites (tertiary alicyclic amines) is 1. The van der Waals surface area contributed by atoms with Gasteiger partial charge in [-0.15, -0.1) is 10.2 Å². The van der Waals surface area contributed by atoms with Gasteiger partial charge >= 0.3 is 0 Å². The highest BCUT2D eigenvalue weighted by Crippen LogP contribution is 2.38. The van der Waals surface area contributed by atoms with Gasteiger partial charge in [0.05, 0.1) is 12.6 Å². The second-order valence-corrected chi connectivity index (χ2v) is 8.36. The quantitative estimate of drug-likeness (QED) is 0.849. The molecule has 1 amide bonds. The predicted octanol–water partition coefficient (Wildman–Crippen LogP) is 3.15. The Labute approximate surface area is 169 Å². The summed E-state index contributed by atoms with van der Waals surface area (Å²) in [7, 11) is 0. The molecule has 1 saturated heterocycles. The van der Waals surface area contributed by atoms with E-state index in [1.165, 1.54) is 24.6 Å². The van der Waals surface area contributed by atoms with Crippen molar-refractivity contribution in [2.75, 3.05) is 25.1 Å². The van der Waals surface area contributed by atoms with E-state index in [4.69, 9.17) is 4.74 Å². The van der Waals surface area contributed by atoms with Gasteiger partial charge in [0.25, 0.3) is 0 Å². The molecule has 150 valence electrons. The lowest BCUT2D eigenvalue weighted by atomic mass is 10.0. The Balaban J connectivity index is 1.63. The van der Waals surface area contributed by atoms with Gasteiger partial charge in [-0.1, -0.05) is 36.7 Å². The molecular weight excluding hydrogens is 374 g/mol. The molecule has 28 heavy (non-hydrogen) atoms. The van der Waals surface area contributed by atoms with Crippen LogP contribution in [-0.2, 0) is 4.79 Å². The highest BCUT2D eigenvalue weighted by molar-refractivity contribution is 8.00. The molecule has 0 spiro atoms. The van der Waals surface area contributed by atoms with Crippen molar-refractivity contribution >= 4 is 17.7 Å². The van der Waals surface area contributed by atoms with E-state index < -0.39 is 0 Å². The monoisotopic (exact) mass is 401 g/mol. The maximum atomic E-state index is 13.5. The van der Waals surface area contributed by atoms with Crippen LogP contribution in [0, 0.1) is 6.92 Å². The van der Waals surface area contributed by atoms with E-state index in [1.807, 2.05) is 47.7 Å². The maximum Gasteiger partial charge on any atom is 0.238 e. The van der Waals surface area contributed by atoms with Gasteiger partial charge in [-0.05, 0) is 44.4 Å². The molecule has 2 atom stereocenters. The molecule has 1 aromatic carbocycles. The molecule has 2 aromatic rings. The lowest BCUT2D eigenvalue weighted by Gasteiger charge is -2.35. The average molecular weight is 402 g/mol. The molecule has 0 saturated carbocycles. The van der Waals surface area contributed by atoms with Gasteiger partial charge in [0.1, 0.15) is 16.8 Å². The summed E-state index contributed by atoms with van der Waals surface area (Å²) < 4.78 is 7.46. The number of nitrogens with one attached hydrogen (secondary N) is 1. The fourth-order valence-electron chi connectivity index (χ4n) is 3.81. The molecular formula is C20H27N5O2S. The first-order chi connectivity index (χ1) is 13.7. The van der Waals surface area contributed by atoms with E-state index in [9.17, 15) is 4.79 Å². The number of ether oxygens (including phenoxy) is 1. The molecule has 1 fully saturated rings. The Kier molecular flexibility index (Phi) is 5.75. The smallest absolute Gasteiger partial charge is 0.238 e. The van der Waals surface area contributed by atoms with Crippen molar-refractivity contribution in [1.29, 1.82) is 0 Å². The summed E-state index contributed by atoms with van der Waals surface area (Å²) in [4.78, 5) is 15.5. The number of benzene rings is 1. The molecule has 2 aliphatic heterocycles. The Bertz CT molecular complexity index is 815. The topological polar surface area (TPSA) is 72.3 Å². The number of aryl methyl sites for hydroxylation is 1. The minimum Gasteiger partial charge on any atom is -0.494 e. The number of carbonyl (C=O) groups is 1. The van der Waals surface area contributed by atoms with Gasteiger partial charge in [-0.25, -0.2) is 4.68 Å². The van der Waals surface area contributed by atoms with E-state index in [0.717, 1.165) is 48.2 Å². The average Bonchev–Trinajstić information content (AvgIpc) is 2.92. The molecule has 1 N–H and O–H groups in total. The van der Waals surface area contributed by atoms with Crippen molar-refractivity contribution in [3.8, 4) is 5.75 Å². The summed E-state index contributed by atoms with van der Waals surface area (Å²) in [6.07, 6.45) is 4.57. The molecule has 4 rings (SSSR count). The number of hydrogen-bond donors (Lipinski definition) is 1. The van der Waals surface area contributed by atoms with Crippen molar-refractivity contribution < 1.29 is 9.53 Å². The molecule has 0 aliphatic carbocycles. The zero-order valence-corrected chi connectivity index (χ0v) is 17.2. The van der Waals surface area contributed by atoms with Gasteiger partial charge in [-0.3, -0.25) is 4.79 Å². The minimum absolute atomic E-state index is 0.154. The maximum absolute atomic E-state index is 13.5. The highest BCUT2D eigenvalue weighted by Gasteiger charge is 2.39. The highest BCUT2D eigenvalue weighted by atomic mass is 32.2. The second kappa shape index (κ2) is 8.43. The van der Waals surface area contributed by atoms with Crippen LogP contribution in [0.25, 0.3) is 0 Å². The number of nitrogens with zero attached hydrogens (tertiary/aromatic N) is 4. The van der Waals surface area contributed by atoms with Crippen molar-refractivity contribution in [2.24, 2.45) is 0 Å². The Morgan fingerprint density at radius 1 is 1.18 bits per heavy atom. The summed E-state index contributed by atoms with van der Waals surface area (Å²) in [5.41, 5.74) is 4.54. The van der Waals surface area contributed by atoms with Crippen LogP contribution in [0.2, 0.25) is 0 Å².